The summed E-state index contributed by atoms with van der Waals surface area (Å²) in [6, 6.07) is 6.96. The Labute approximate surface area is 136 Å². The Morgan fingerprint density at radius 3 is 3.00 bits per heavy atom. The number of carbonyl (C=O) groups is 1. The molecule has 4 N–H and O–H groups in total. The van der Waals surface area contributed by atoms with Crippen LogP contribution in [0.15, 0.2) is 36.7 Å². The van der Waals surface area contributed by atoms with Gasteiger partial charge in [-0.1, -0.05) is 11.6 Å². The van der Waals surface area contributed by atoms with Crippen molar-refractivity contribution in [2.24, 2.45) is 0 Å². The molecule has 0 radical (unpaired) electrons. The number of nitrogen functional groups attached to an aromatic ring is 1. The standard InChI is InChI=1S/C14H14ClN7O/c15-11-3-2-9(22-7-1-5-18-22)8-10(11)13(23)17-6-4-12-19-14(16)21-20-12/h1-3,5,7-8H,4,6H2,(H,17,23)(H3,16,19,20,21). The average Bonchev–Trinajstić information content (AvgIpc) is 3.19. The third kappa shape index (κ3) is 3.49. The lowest BCUT2D eigenvalue weighted by molar-refractivity contribution is 0.0954. The Morgan fingerprint density at radius 1 is 1.43 bits per heavy atom. The van der Waals surface area contributed by atoms with Gasteiger partial charge in [0.15, 0.2) is 0 Å². The third-order valence-electron chi connectivity index (χ3n) is 3.16. The van der Waals surface area contributed by atoms with Gasteiger partial charge in [-0.15, -0.1) is 5.10 Å². The molecule has 2 aromatic heterocycles. The van der Waals surface area contributed by atoms with Crippen molar-refractivity contribution in [2.75, 3.05) is 12.3 Å². The summed E-state index contributed by atoms with van der Waals surface area (Å²) in [6.07, 6.45) is 3.95. The fourth-order valence-electron chi connectivity index (χ4n) is 2.06. The van der Waals surface area contributed by atoms with Crippen LogP contribution in [0, 0.1) is 0 Å². The van der Waals surface area contributed by atoms with Crippen molar-refractivity contribution in [2.45, 2.75) is 6.42 Å². The number of nitrogens with one attached hydrogen (secondary N) is 2. The van der Waals surface area contributed by atoms with Gasteiger partial charge >= 0.3 is 0 Å². The van der Waals surface area contributed by atoms with Gasteiger partial charge in [-0.2, -0.15) is 10.1 Å². The van der Waals surface area contributed by atoms with Crippen molar-refractivity contribution in [1.82, 2.24) is 30.3 Å². The molecule has 0 spiro atoms. The second-order valence-corrected chi connectivity index (χ2v) is 5.17. The Morgan fingerprint density at radius 2 is 2.30 bits per heavy atom. The van der Waals surface area contributed by atoms with Crippen LogP contribution in [-0.4, -0.2) is 37.4 Å². The number of H-pyrrole nitrogens is 1. The number of anilines is 1. The zero-order valence-corrected chi connectivity index (χ0v) is 12.8. The summed E-state index contributed by atoms with van der Waals surface area (Å²) < 4.78 is 1.66. The van der Waals surface area contributed by atoms with Gasteiger partial charge in [-0.3, -0.25) is 9.89 Å². The van der Waals surface area contributed by atoms with Crippen molar-refractivity contribution in [3.05, 3.63) is 53.1 Å². The van der Waals surface area contributed by atoms with Gasteiger partial charge in [0.25, 0.3) is 5.91 Å². The number of carbonyl (C=O) groups excluding carboxylic acids is 1. The molecule has 3 aromatic rings. The Kier molecular flexibility index (Phi) is 4.24. The Balaban J connectivity index is 1.68. The SMILES string of the molecule is Nc1n[nH]c(CCNC(=O)c2cc(-n3cccn3)ccc2Cl)n1. The highest BCUT2D eigenvalue weighted by Gasteiger charge is 2.12. The smallest absolute Gasteiger partial charge is 0.252 e. The minimum absolute atomic E-state index is 0.182. The number of hydrogen-bond donors (Lipinski definition) is 3. The number of nitrogens with zero attached hydrogens (tertiary/aromatic N) is 4. The second kappa shape index (κ2) is 6.49. The molecule has 0 aliphatic rings. The molecule has 0 aliphatic heterocycles. The highest BCUT2D eigenvalue weighted by Crippen LogP contribution is 2.19. The first-order chi connectivity index (χ1) is 11.1. The summed E-state index contributed by atoms with van der Waals surface area (Å²) in [6.45, 7) is 0.385. The maximum Gasteiger partial charge on any atom is 0.252 e. The van der Waals surface area contributed by atoms with Crippen molar-refractivity contribution < 1.29 is 4.79 Å². The van der Waals surface area contributed by atoms with Gasteiger partial charge in [-0.05, 0) is 24.3 Å². The van der Waals surface area contributed by atoms with Gasteiger partial charge in [0.1, 0.15) is 5.82 Å². The molecule has 2 heterocycles. The number of halogens is 1. The molecule has 8 nitrogen and oxygen atoms in total. The van der Waals surface area contributed by atoms with Crippen molar-refractivity contribution in [3.8, 4) is 5.69 Å². The largest absolute Gasteiger partial charge is 0.367 e. The lowest BCUT2D eigenvalue weighted by Crippen LogP contribution is -2.26. The van der Waals surface area contributed by atoms with Crippen LogP contribution in [-0.2, 0) is 6.42 Å². The molecule has 1 amide bonds. The van der Waals surface area contributed by atoms with E-state index in [2.05, 4.69) is 25.6 Å². The minimum Gasteiger partial charge on any atom is -0.367 e. The van der Waals surface area contributed by atoms with Gasteiger partial charge in [0, 0.05) is 25.4 Å². The first-order valence-electron chi connectivity index (χ1n) is 6.88. The lowest BCUT2D eigenvalue weighted by Gasteiger charge is -2.08. The average molecular weight is 332 g/mol. The summed E-state index contributed by atoms with van der Waals surface area (Å²) in [5.74, 6) is 0.525. The fraction of sp³-hybridized carbons (Fsp3) is 0.143. The molecule has 0 fully saturated rings. The molecule has 23 heavy (non-hydrogen) atoms. The normalized spacial score (nSPS) is 10.7. The maximum absolute atomic E-state index is 12.3. The van der Waals surface area contributed by atoms with E-state index in [1.165, 1.54) is 0 Å². The second-order valence-electron chi connectivity index (χ2n) is 4.76. The number of rotatable bonds is 5. The first kappa shape index (κ1) is 15.0. The molecule has 3 rings (SSSR count). The first-order valence-corrected chi connectivity index (χ1v) is 7.26. The number of aromatic amines is 1. The van der Waals surface area contributed by atoms with E-state index in [1.807, 2.05) is 0 Å². The monoisotopic (exact) mass is 331 g/mol. The molecular weight excluding hydrogens is 318 g/mol. The highest BCUT2D eigenvalue weighted by atomic mass is 35.5. The lowest BCUT2D eigenvalue weighted by atomic mass is 10.2. The molecule has 0 atom stereocenters. The molecule has 1 aromatic carbocycles. The third-order valence-corrected chi connectivity index (χ3v) is 3.49. The van der Waals surface area contributed by atoms with Crippen molar-refractivity contribution in [1.29, 1.82) is 0 Å². The summed E-state index contributed by atoms with van der Waals surface area (Å²) in [5, 5.41) is 13.7. The quantitative estimate of drug-likeness (QED) is 0.650. The summed E-state index contributed by atoms with van der Waals surface area (Å²) >= 11 is 6.12. The predicted octanol–water partition coefficient (Wildman–Crippen LogP) is 1.20. The van der Waals surface area contributed by atoms with Crippen LogP contribution in [0.5, 0.6) is 0 Å². The van der Waals surface area contributed by atoms with E-state index in [-0.39, 0.29) is 11.9 Å². The van der Waals surface area contributed by atoms with E-state index in [0.29, 0.717) is 29.4 Å². The van der Waals surface area contributed by atoms with Crippen LogP contribution >= 0.6 is 11.6 Å². The molecule has 118 valence electrons. The molecule has 0 bridgehead atoms. The minimum atomic E-state index is -0.267. The number of nitrogens with two attached hydrogens (primary N) is 1. The van der Waals surface area contributed by atoms with Crippen LogP contribution in [0.2, 0.25) is 5.02 Å². The van der Waals surface area contributed by atoms with E-state index in [1.54, 1.807) is 41.3 Å². The van der Waals surface area contributed by atoms with E-state index >= 15 is 0 Å². The van der Waals surface area contributed by atoms with E-state index in [4.69, 9.17) is 17.3 Å². The molecule has 0 saturated heterocycles. The number of amides is 1. The van der Waals surface area contributed by atoms with Gasteiger partial charge in [0.05, 0.1) is 16.3 Å². The molecular formula is C14H14ClN7O. The van der Waals surface area contributed by atoms with Gasteiger partial charge in [0.2, 0.25) is 5.95 Å². The van der Waals surface area contributed by atoms with E-state index in [9.17, 15) is 4.79 Å². The Bertz CT molecular complexity index is 812. The molecule has 9 heteroatoms. The van der Waals surface area contributed by atoms with Crippen LogP contribution in [0.3, 0.4) is 0 Å². The summed E-state index contributed by atoms with van der Waals surface area (Å²) in [5.41, 5.74) is 6.56. The van der Waals surface area contributed by atoms with Gasteiger partial charge in [-0.25, -0.2) is 4.68 Å². The Hall–Kier alpha value is -2.87. The predicted molar refractivity (Wildman–Crippen MR) is 85.4 cm³/mol. The van der Waals surface area contributed by atoms with Crippen molar-refractivity contribution in [3.63, 3.8) is 0 Å². The summed E-state index contributed by atoms with van der Waals surface area (Å²) in [7, 11) is 0. The van der Waals surface area contributed by atoms with Crippen LogP contribution in [0.1, 0.15) is 16.2 Å². The summed E-state index contributed by atoms with van der Waals surface area (Å²) in [4.78, 5) is 16.3. The van der Waals surface area contributed by atoms with E-state index < -0.39 is 0 Å². The van der Waals surface area contributed by atoms with Crippen molar-refractivity contribution >= 4 is 23.5 Å². The molecule has 0 saturated carbocycles. The number of benzene rings is 1. The maximum atomic E-state index is 12.3. The number of hydrogen-bond acceptors (Lipinski definition) is 5. The van der Waals surface area contributed by atoms with Crippen LogP contribution < -0.4 is 11.1 Å². The fourth-order valence-corrected chi connectivity index (χ4v) is 2.27. The highest BCUT2D eigenvalue weighted by molar-refractivity contribution is 6.33. The molecule has 0 aliphatic carbocycles. The van der Waals surface area contributed by atoms with Gasteiger partial charge < -0.3 is 11.1 Å². The zero-order valence-electron chi connectivity index (χ0n) is 12.0. The zero-order chi connectivity index (χ0) is 16.2. The topological polar surface area (TPSA) is 115 Å². The van der Waals surface area contributed by atoms with E-state index in [0.717, 1.165) is 5.69 Å². The van der Waals surface area contributed by atoms with Crippen LogP contribution in [0.25, 0.3) is 5.69 Å². The van der Waals surface area contributed by atoms with Crippen LogP contribution in [0.4, 0.5) is 5.95 Å². The molecule has 0 unspecified atom stereocenters. The number of aromatic nitrogens is 5.